The van der Waals surface area contributed by atoms with E-state index in [0.717, 1.165) is 87.8 Å². The van der Waals surface area contributed by atoms with Crippen LogP contribution < -0.4 is 5.56 Å². The number of benzene rings is 8. The van der Waals surface area contributed by atoms with Crippen molar-refractivity contribution in [2.45, 2.75) is 0 Å². The van der Waals surface area contributed by atoms with E-state index in [0.29, 0.717) is 0 Å². The van der Waals surface area contributed by atoms with Crippen molar-refractivity contribution in [2.75, 3.05) is 0 Å². The third kappa shape index (κ3) is 3.87. The molecule has 0 bridgehead atoms. The van der Waals surface area contributed by atoms with Crippen molar-refractivity contribution in [3.63, 3.8) is 0 Å². The average molecular weight is 677 g/mol. The summed E-state index contributed by atoms with van der Waals surface area (Å²) >= 11 is 0. The Morgan fingerprint density at radius 3 is 1.79 bits per heavy atom. The van der Waals surface area contributed by atoms with Crippen molar-refractivity contribution in [3.05, 3.63) is 180 Å². The number of pyridine rings is 1. The van der Waals surface area contributed by atoms with Gasteiger partial charge in [0.05, 0.1) is 27.8 Å². The zero-order valence-electron chi connectivity index (χ0n) is 28.4. The van der Waals surface area contributed by atoms with Gasteiger partial charge in [-0.1, -0.05) is 115 Å². The Balaban J connectivity index is 1.16. The summed E-state index contributed by atoms with van der Waals surface area (Å²) in [5.41, 5.74) is 11.4. The van der Waals surface area contributed by atoms with Crippen LogP contribution >= 0.6 is 0 Å². The van der Waals surface area contributed by atoms with E-state index in [2.05, 4.69) is 144 Å². The number of furan rings is 1. The number of hydrogen-bond acceptors (Lipinski definition) is 2. The molecule has 4 nitrogen and oxygen atoms in total. The number of rotatable bonds is 3. The van der Waals surface area contributed by atoms with E-state index in [1.165, 1.54) is 21.9 Å². The van der Waals surface area contributed by atoms with Gasteiger partial charge in [0.2, 0.25) is 0 Å². The van der Waals surface area contributed by atoms with Crippen molar-refractivity contribution >= 4 is 81.7 Å². The fourth-order valence-electron chi connectivity index (χ4n) is 8.89. The van der Waals surface area contributed by atoms with Gasteiger partial charge in [-0.25, -0.2) is 0 Å². The molecule has 0 saturated carbocycles. The fourth-order valence-corrected chi connectivity index (χ4v) is 8.89. The molecule has 0 radical (unpaired) electrons. The molecule has 0 aliphatic rings. The Morgan fingerprint density at radius 1 is 0.377 bits per heavy atom. The summed E-state index contributed by atoms with van der Waals surface area (Å²) in [5.74, 6) is 0. The van der Waals surface area contributed by atoms with Crippen LogP contribution in [0.5, 0.6) is 0 Å². The van der Waals surface area contributed by atoms with Crippen molar-refractivity contribution in [2.24, 2.45) is 0 Å². The minimum atomic E-state index is 0.0161. The molecule has 0 spiro atoms. The lowest BCUT2D eigenvalue weighted by atomic mass is 9.99. The van der Waals surface area contributed by atoms with Gasteiger partial charge >= 0.3 is 0 Å². The molecule has 53 heavy (non-hydrogen) atoms. The first-order chi connectivity index (χ1) is 26.2. The van der Waals surface area contributed by atoms with E-state index in [1.54, 1.807) is 0 Å². The SMILES string of the molecule is O=c1c2ccccc2c2cccc3c4cc(-c5cc(-n6c7ccccc7c7cc(-c8ccccc8)ccc76)c6oc7ccccc7c6c5)ccc4n1c23. The number of aromatic nitrogens is 2. The van der Waals surface area contributed by atoms with E-state index >= 15 is 0 Å². The largest absolute Gasteiger partial charge is 0.454 e. The van der Waals surface area contributed by atoms with Crippen LogP contribution in [0, 0.1) is 0 Å². The predicted octanol–water partition coefficient (Wildman–Crippen LogP) is 12.5. The molecule has 0 aliphatic heterocycles. The molecule has 0 unspecified atom stereocenters. The third-order valence-corrected chi connectivity index (χ3v) is 11.3. The highest BCUT2D eigenvalue weighted by Crippen LogP contribution is 2.43. The maximum Gasteiger partial charge on any atom is 0.263 e. The minimum absolute atomic E-state index is 0.0161. The van der Waals surface area contributed by atoms with Gasteiger partial charge < -0.3 is 8.98 Å². The van der Waals surface area contributed by atoms with Crippen LogP contribution in [0.15, 0.2) is 179 Å². The Hall–Kier alpha value is -7.17. The molecule has 4 heteroatoms. The summed E-state index contributed by atoms with van der Waals surface area (Å²) in [7, 11) is 0. The molecule has 12 rings (SSSR count). The van der Waals surface area contributed by atoms with E-state index in [4.69, 9.17) is 4.42 Å². The summed E-state index contributed by atoms with van der Waals surface area (Å²) in [6, 6.07) is 59.6. The Kier molecular flexibility index (Phi) is 5.62. The summed E-state index contributed by atoms with van der Waals surface area (Å²) in [6.07, 6.45) is 0. The first-order valence-electron chi connectivity index (χ1n) is 18.0. The highest BCUT2D eigenvalue weighted by molar-refractivity contribution is 6.21. The maximum atomic E-state index is 14.0. The summed E-state index contributed by atoms with van der Waals surface area (Å²) < 4.78 is 11.0. The van der Waals surface area contributed by atoms with Gasteiger partial charge in [-0.3, -0.25) is 9.20 Å². The molecule has 8 aromatic carbocycles. The van der Waals surface area contributed by atoms with Crippen molar-refractivity contribution in [3.8, 4) is 27.9 Å². The van der Waals surface area contributed by atoms with Gasteiger partial charge in [-0.05, 0) is 82.2 Å². The topological polar surface area (TPSA) is 39.5 Å². The molecule has 4 aromatic heterocycles. The number of para-hydroxylation sites is 3. The zero-order valence-corrected chi connectivity index (χ0v) is 28.4. The highest BCUT2D eigenvalue weighted by Gasteiger charge is 2.21. The summed E-state index contributed by atoms with van der Waals surface area (Å²) in [4.78, 5) is 14.0. The number of nitrogens with zero attached hydrogens (tertiary/aromatic N) is 2. The second-order valence-corrected chi connectivity index (χ2v) is 14.0. The van der Waals surface area contributed by atoms with Crippen LogP contribution in [0.2, 0.25) is 0 Å². The molecular formula is C49H28N2O2. The smallest absolute Gasteiger partial charge is 0.263 e. The monoisotopic (exact) mass is 676 g/mol. The van der Waals surface area contributed by atoms with Crippen LogP contribution in [0.3, 0.4) is 0 Å². The van der Waals surface area contributed by atoms with E-state index in [1.807, 2.05) is 34.7 Å². The lowest BCUT2D eigenvalue weighted by Crippen LogP contribution is -2.12. The number of hydrogen-bond donors (Lipinski definition) is 0. The van der Waals surface area contributed by atoms with Crippen molar-refractivity contribution in [1.29, 1.82) is 0 Å². The second-order valence-electron chi connectivity index (χ2n) is 14.0. The minimum Gasteiger partial charge on any atom is -0.454 e. The first kappa shape index (κ1) is 28.5. The maximum absolute atomic E-state index is 14.0. The molecule has 0 saturated heterocycles. The Morgan fingerprint density at radius 2 is 0.962 bits per heavy atom. The fraction of sp³-hybridized carbons (Fsp3) is 0. The quantitative estimate of drug-likeness (QED) is 0.175. The first-order valence-corrected chi connectivity index (χ1v) is 18.0. The Bertz CT molecular complexity index is 3530. The normalized spacial score (nSPS) is 12.2. The molecule has 0 N–H and O–H groups in total. The lowest BCUT2D eigenvalue weighted by Gasteiger charge is -2.12. The molecule has 0 amide bonds. The van der Waals surface area contributed by atoms with Crippen molar-refractivity contribution < 1.29 is 4.42 Å². The van der Waals surface area contributed by atoms with Crippen LogP contribution in [-0.2, 0) is 0 Å². The zero-order chi connectivity index (χ0) is 34.8. The standard InChI is InChI=1S/C49H28N2O2/c52-49-38-16-5-4-13-33(38)36-17-10-18-37-40-26-31(22-24-44(40)51(49)47(36)37)32-27-41-35-15-7-9-20-46(35)53-48(41)45(28-32)50-42-19-8-6-14-34(42)39-25-30(21-23-43(39)50)29-11-2-1-3-12-29/h1-28H. The third-order valence-electron chi connectivity index (χ3n) is 11.3. The predicted molar refractivity (Wildman–Crippen MR) is 220 cm³/mol. The molecule has 246 valence electrons. The van der Waals surface area contributed by atoms with E-state index < -0.39 is 0 Å². The molecular weight excluding hydrogens is 649 g/mol. The van der Waals surface area contributed by atoms with Gasteiger partial charge in [-0.2, -0.15) is 0 Å². The van der Waals surface area contributed by atoms with Gasteiger partial charge in [0, 0.05) is 43.1 Å². The van der Waals surface area contributed by atoms with Gasteiger partial charge in [-0.15, -0.1) is 0 Å². The second kappa shape index (κ2) is 10.4. The highest BCUT2D eigenvalue weighted by atomic mass is 16.3. The van der Waals surface area contributed by atoms with E-state index in [-0.39, 0.29) is 5.56 Å². The number of fused-ring (bicyclic) bond motifs is 11. The lowest BCUT2D eigenvalue weighted by molar-refractivity contribution is 0.666. The van der Waals surface area contributed by atoms with Crippen LogP contribution in [0.1, 0.15) is 0 Å². The molecule has 0 atom stereocenters. The van der Waals surface area contributed by atoms with E-state index in [9.17, 15) is 4.79 Å². The summed E-state index contributed by atoms with van der Waals surface area (Å²) in [5, 5.41) is 9.47. The van der Waals surface area contributed by atoms with Crippen LogP contribution in [-0.4, -0.2) is 8.97 Å². The average Bonchev–Trinajstić information content (AvgIpc) is 3.88. The van der Waals surface area contributed by atoms with Crippen molar-refractivity contribution in [1.82, 2.24) is 8.97 Å². The molecule has 12 aromatic rings. The summed E-state index contributed by atoms with van der Waals surface area (Å²) in [6.45, 7) is 0. The van der Waals surface area contributed by atoms with Gasteiger partial charge in [0.25, 0.3) is 5.56 Å². The van der Waals surface area contributed by atoms with Gasteiger partial charge in [0.15, 0.2) is 5.58 Å². The van der Waals surface area contributed by atoms with Crippen LogP contribution in [0.4, 0.5) is 0 Å². The Labute approximate surface area is 302 Å². The molecule has 0 fully saturated rings. The van der Waals surface area contributed by atoms with Gasteiger partial charge in [0.1, 0.15) is 5.58 Å². The van der Waals surface area contributed by atoms with Crippen LogP contribution in [0.25, 0.3) is 110 Å². The molecule has 4 heterocycles. The molecule has 0 aliphatic carbocycles.